The van der Waals surface area contributed by atoms with E-state index < -0.39 is 0 Å². The van der Waals surface area contributed by atoms with Crippen LogP contribution in [0.1, 0.15) is 36.2 Å². The third kappa shape index (κ3) is 2.05. The minimum Gasteiger partial charge on any atom is -0.368 e. The van der Waals surface area contributed by atoms with Crippen LogP contribution < -0.4 is 5.73 Å². The molecular weight excluding hydrogens is 242 g/mol. The van der Waals surface area contributed by atoms with E-state index in [0.717, 1.165) is 5.69 Å². The van der Waals surface area contributed by atoms with Gasteiger partial charge in [0.2, 0.25) is 5.95 Å². The molecule has 1 aliphatic rings. The molecule has 4 heteroatoms. The Bertz CT molecular complexity index is 310. The minimum atomic E-state index is 0.343. The SMILES string of the molecule is Nc1nccc([C@@H](Br)C2CCCC2)n1. The Labute approximate surface area is 92.3 Å². The highest BCUT2D eigenvalue weighted by molar-refractivity contribution is 9.09. The van der Waals surface area contributed by atoms with Gasteiger partial charge in [0.1, 0.15) is 0 Å². The van der Waals surface area contributed by atoms with Crippen molar-refractivity contribution in [1.29, 1.82) is 0 Å². The zero-order valence-electron chi connectivity index (χ0n) is 7.99. The van der Waals surface area contributed by atoms with E-state index in [-0.39, 0.29) is 0 Å². The summed E-state index contributed by atoms with van der Waals surface area (Å²) in [5.41, 5.74) is 6.57. The predicted molar refractivity (Wildman–Crippen MR) is 60.1 cm³/mol. The maximum atomic E-state index is 5.55. The first-order valence-electron chi connectivity index (χ1n) is 5.00. The summed E-state index contributed by atoms with van der Waals surface area (Å²) in [6.07, 6.45) is 6.99. The molecule has 1 atom stereocenters. The van der Waals surface area contributed by atoms with E-state index in [9.17, 15) is 0 Å². The molecule has 0 aliphatic heterocycles. The molecule has 2 rings (SSSR count). The molecule has 1 fully saturated rings. The van der Waals surface area contributed by atoms with E-state index in [0.29, 0.717) is 16.7 Å². The van der Waals surface area contributed by atoms with Crippen LogP contribution in [0, 0.1) is 5.92 Å². The molecule has 0 amide bonds. The quantitative estimate of drug-likeness (QED) is 0.827. The van der Waals surface area contributed by atoms with Gasteiger partial charge >= 0.3 is 0 Å². The number of nitrogens with two attached hydrogens (primary N) is 1. The van der Waals surface area contributed by atoms with Crippen molar-refractivity contribution >= 4 is 21.9 Å². The van der Waals surface area contributed by atoms with E-state index >= 15 is 0 Å². The Hall–Kier alpha value is -0.640. The van der Waals surface area contributed by atoms with Crippen molar-refractivity contribution in [3.05, 3.63) is 18.0 Å². The first kappa shape index (κ1) is 9.90. The molecule has 0 bridgehead atoms. The molecule has 0 aromatic carbocycles. The lowest BCUT2D eigenvalue weighted by molar-refractivity contribution is 0.534. The second kappa shape index (κ2) is 4.26. The summed E-state index contributed by atoms with van der Waals surface area (Å²) in [5.74, 6) is 1.08. The van der Waals surface area contributed by atoms with Gasteiger partial charge in [0.25, 0.3) is 0 Å². The number of nitrogens with zero attached hydrogens (tertiary/aromatic N) is 2. The monoisotopic (exact) mass is 255 g/mol. The van der Waals surface area contributed by atoms with Crippen LogP contribution in [0.2, 0.25) is 0 Å². The van der Waals surface area contributed by atoms with Crippen molar-refractivity contribution in [2.45, 2.75) is 30.5 Å². The smallest absolute Gasteiger partial charge is 0.220 e. The molecule has 0 saturated heterocycles. The van der Waals surface area contributed by atoms with Gasteiger partial charge in [-0.2, -0.15) is 0 Å². The Morgan fingerprint density at radius 3 is 2.79 bits per heavy atom. The summed E-state index contributed by atoms with van der Waals surface area (Å²) >= 11 is 3.70. The zero-order chi connectivity index (χ0) is 9.97. The maximum Gasteiger partial charge on any atom is 0.220 e. The van der Waals surface area contributed by atoms with Gasteiger partial charge in [-0.05, 0) is 24.8 Å². The van der Waals surface area contributed by atoms with Crippen LogP contribution in [0.25, 0.3) is 0 Å². The van der Waals surface area contributed by atoms with Crippen LogP contribution in [0.15, 0.2) is 12.3 Å². The first-order chi connectivity index (χ1) is 6.77. The van der Waals surface area contributed by atoms with Crippen molar-refractivity contribution in [2.75, 3.05) is 5.73 Å². The lowest BCUT2D eigenvalue weighted by Gasteiger charge is -2.16. The average molecular weight is 256 g/mol. The maximum absolute atomic E-state index is 5.55. The van der Waals surface area contributed by atoms with Crippen LogP contribution in [0.5, 0.6) is 0 Å². The van der Waals surface area contributed by atoms with E-state index in [4.69, 9.17) is 5.73 Å². The molecule has 1 aromatic heterocycles. The van der Waals surface area contributed by atoms with Crippen molar-refractivity contribution in [2.24, 2.45) is 5.92 Å². The van der Waals surface area contributed by atoms with Gasteiger partial charge in [0.15, 0.2) is 0 Å². The van der Waals surface area contributed by atoms with Gasteiger partial charge < -0.3 is 5.73 Å². The Kier molecular flexibility index (Phi) is 3.01. The molecule has 2 N–H and O–H groups in total. The first-order valence-corrected chi connectivity index (χ1v) is 5.91. The third-order valence-corrected chi connectivity index (χ3v) is 4.01. The fraction of sp³-hybridized carbons (Fsp3) is 0.600. The van der Waals surface area contributed by atoms with Crippen LogP contribution in [-0.2, 0) is 0 Å². The van der Waals surface area contributed by atoms with Crippen molar-refractivity contribution < 1.29 is 0 Å². The number of hydrogen-bond donors (Lipinski definition) is 1. The summed E-state index contributed by atoms with van der Waals surface area (Å²) in [7, 11) is 0. The summed E-state index contributed by atoms with van der Waals surface area (Å²) in [5, 5.41) is 0. The van der Waals surface area contributed by atoms with E-state index in [2.05, 4.69) is 25.9 Å². The molecule has 1 heterocycles. The van der Waals surface area contributed by atoms with Gasteiger partial charge in [-0.3, -0.25) is 0 Å². The summed E-state index contributed by atoms with van der Waals surface area (Å²) in [6.45, 7) is 0. The summed E-state index contributed by atoms with van der Waals surface area (Å²) in [4.78, 5) is 8.48. The fourth-order valence-electron chi connectivity index (χ4n) is 2.03. The van der Waals surface area contributed by atoms with E-state index in [1.165, 1.54) is 25.7 Å². The normalized spacial score (nSPS) is 19.8. The number of nitrogen functional groups attached to an aromatic ring is 1. The van der Waals surface area contributed by atoms with Crippen molar-refractivity contribution in [3.8, 4) is 0 Å². The number of hydrogen-bond acceptors (Lipinski definition) is 3. The zero-order valence-corrected chi connectivity index (χ0v) is 9.57. The fourth-order valence-corrected chi connectivity index (χ4v) is 2.82. The number of rotatable bonds is 2. The highest BCUT2D eigenvalue weighted by Gasteiger charge is 2.25. The molecule has 3 nitrogen and oxygen atoms in total. The van der Waals surface area contributed by atoms with Gasteiger partial charge in [-0.1, -0.05) is 28.8 Å². The summed E-state index contributed by atoms with van der Waals surface area (Å²) in [6, 6.07) is 1.94. The largest absolute Gasteiger partial charge is 0.368 e. The molecule has 1 saturated carbocycles. The van der Waals surface area contributed by atoms with Crippen LogP contribution in [-0.4, -0.2) is 9.97 Å². The Balaban J connectivity index is 2.13. The highest BCUT2D eigenvalue weighted by Crippen LogP contribution is 2.40. The Morgan fingerprint density at radius 2 is 2.14 bits per heavy atom. The number of alkyl halides is 1. The molecule has 1 aromatic rings. The Morgan fingerprint density at radius 1 is 1.43 bits per heavy atom. The lowest BCUT2D eigenvalue weighted by atomic mass is 10.0. The number of anilines is 1. The van der Waals surface area contributed by atoms with Gasteiger partial charge in [-0.15, -0.1) is 0 Å². The average Bonchev–Trinajstić information content (AvgIpc) is 2.69. The molecule has 0 radical (unpaired) electrons. The van der Waals surface area contributed by atoms with Crippen LogP contribution in [0.4, 0.5) is 5.95 Å². The molecule has 0 unspecified atom stereocenters. The second-order valence-electron chi connectivity index (χ2n) is 3.79. The third-order valence-electron chi connectivity index (χ3n) is 2.79. The predicted octanol–water partition coefficient (Wildman–Crippen LogP) is 2.69. The van der Waals surface area contributed by atoms with Crippen LogP contribution >= 0.6 is 15.9 Å². The van der Waals surface area contributed by atoms with E-state index in [1.54, 1.807) is 6.20 Å². The van der Waals surface area contributed by atoms with Gasteiger partial charge in [0, 0.05) is 6.20 Å². The van der Waals surface area contributed by atoms with Gasteiger partial charge in [-0.25, -0.2) is 9.97 Å². The molecule has 76 valence electrons. The summed E-state index contributed by atoms with van der Waals surface area (Å²) < 4.78 is 0. The standard InChI is InChI=1S/C10H14BrN3/c11-9(7-3-1-2-4-7)8-5-6-13-10(12)14-8/h5-7,9H,1-4H2,(H2,12,13,14)/t9-/m0/s1. The molecular formula is C10H14BrN3. The van der Waals surface area contributed by atoms with Crippen molar-refractivity contribution in [1.82, 2.24) is 9.97 Å². The van der Waals surface area contributed by atoms with Gasteiger partial charge in [0.05, 0.1) is 10.5 Å². The van der Waals surface area contributed by atoms with Crippen LogP contribution in [0.3, 0.4) is 0 Å². The topological polar surface area (TPSA) is 51.8 Å². The number of aromatic nitrogens is 2. The lowest BCUT2D eigenvalue weighted by Crippen LogP contribution is -2.07. The highest BCUT2D eigenvalue weighted by atomic mass is 79.9. The molecule has 1 aliphatic carbocycles. The second-order valence-corrected chi connectivity index (χ2v) is 4.77. The van der Waals surface area contributed by atoms with Crippen molar-refractivity contribution in [3.63, 3.8) is 0 Å². The molecule has 0 spiro atoms. The minimum absolute atomic E-state index is 0.343. The molecule has 14 heavy (non-hydrogen) atoms. The number of halogens is 1. The van der Waals surface area contributed by atoms with E-state index in [1.807, 2.05) is 6.07 Å².